The van der Waals surface area contributed by atoms with E-state index < -0.39 is 0 Å². The van der Waals surface area contributed by atoms with Gasteiger partial charge < -0.3 is 4.90 Å². The minimum atomic E-state index is -0.228. The van der Waals surface area contributed by atoms with Gasteiger partial charge in [-0.3, -0.25) is 4.40 Å². The molecule has 5 nitrogen and oxygen atoms in total. The number of benzene rings is 2. The molecule has 0 aliphatic carbocycles. The highest BCUT2D eigenvalue weighted by molar-refractivity contribution is 5.94. The number of nitrogens with zero attached hydrogens (tertiary/aromatic N) is 5. The number of aromatic nitrogens is 4. The maximum absolute atomic E-state index is 14.3. The Morgan fingerprint density at radius 3 is 2.96 bits per heavy atom. The van der Waals surface area contributed by atoms with E-state index in [1.54, 1.807) is 23.7 Å². The lowest BCUT2D eigenvalue weighted by atomic mass is 10.0. The summed E-state index contributed by atoms with van der Waals surface area (Å²) in [6.07, 6.45) is 3.70. The Morgan fingerprint density at radius 2 is 2.04 bits per heavy atom. The lowest BCUT2D eigenvalue weighted by Crippen LogP contribution is -2.25. The van der Waals surface area contributed by atoms with Gasteiger partial charge in [0.15, 0.2) is 0 Å². The normalized spacial score (nSPS) is 14.2. The van der Waals surface area contributed by atoms with Crippen molar-refractivity contribution in [3.05, 3.63) is 59.7 Å². The molecule has 0 fully saturated rings. The lowest BCUT2D eigenvalue weighted by molar-refractivity contribution is 0.620. The molecule has 2 aromatic heterocycles. The van der Waals surface area contributed by atoms with Crippen molar-refractivity contribution >= 4 is 28.2 Å². The van der Waals surface area contributed by atoms with Gasteiger partial charge >= 0.3 is 0 Å². The first-order chi connectivity index (χ1) is 12.2. The zero-order valence-electron chi connectivity index (χ0n) is 13.8. The van der Waals surface area contributed by atoms with E-state index >= 15 is 0 Å². The number of aryl methyl sites for hydroxylation is 2. The van der Waals surface area contributed by atoms with Crippen molar-refractivity contribution in [1.29, 1.82) is 0 Å². The standard InChI is InChI=1S/C19H16FN5/c1-12-9-17-14(10-15(12)20)18(22-19-23-21-11-25(17)19)24-8-4-6-13-5-2-3-7-16(13)24/h2-3,5,7,9-11H,4,6,8H2,1H3. The highest BCUT2D eigenvalue weighted by Gasteiger charge is 2.23. The summed E-state index contributed by atoms with van der Waals surface area (Å²) in [5, 5.41) is 8.86. The summed E-state index contributed by atoms with van der Waals surface area (Å²) in [6, 6.07) is 11.7. The van der Waals surface area contributed by atoms with Crippen LogP contribution in [0.4, 0.5) is 15.9 Å². The molecule has 124 valence electrons. The molecule has 3 heterocycles. The molecular formula is C19H16FN5. The summed E-state index contributed by atoms with van der Waals surface area (Å²) in [7, 11) is 0. The predicted octanol–water partition coefficient (Wildman–Crippen LogP) is 3.81. The smallest absolute Gasteiger partial charge is 0.257 e. The third-order valence-corrected chi connectivity index (χ3v) is 4.88. The van der Waals surface area contributed by atoms with Gasteiger partial charge in [-0.15, -0.1) is 10.2 Å². The number of anilines is 2. The maximum atomic E-state index is 14.3. The summed E-state index contributed by atoms with van der Waals surface area (Å²) in [5.41, 5.74) is 3.88. The quantitative estimate of drug-likeness (QED) is 0.531. The monoisotopic (exact) mass is 333 g/mol. The summed E-state index contributed by atoms with van der Waals surface area (Å²) < 4.78 is 16.1. The SMILES string of the molecule is Cc1cc2c(cc1F)c(N1CCCc3ccccc31)nc1nncn12. The second-order valence-electron chi connectivity index (χ2n) is 6.44. The Labute approximate surface area is 143 Å². The Hall–Kier alpha value is -3.02. The van der Waals surface area contributed by atoms with Gasteiger partial charge in [-0.1, -0.05) is 18.2 Å². The van der Waals surface area contributed by atoms with E-state index in [0.717, 1.165) is 41.8 Å². The fraction of sp³-hybridized carbons (Fsp3) is 0.211. The molecule has 6 heteroatoms. The Kier molecular flexibility index (Phi) is 3.00. The molecule has 25 heavy (non-hydrogen) atoms. The molecule has 0 unspecified atom stereocenters. The molecule has 0 amide bonds. The summed E-state index contributed by atoms with van der Waals surface area (Å²) in [4.78, 5) is 6.88. The van der Waals surface area contributed by atoms with Crippen LogP contribution in [0.5, 0.6) is 0 Å². The third-order valence-electron chi connectivity index (χ3n) is 4.88. The molecule has 1 aliphatic heterocycles. The first-order valence-corrected chi connectivity index (χ1v) is 8.37. The number of hydrogen-bond acceptors (Lipinski definition) is 4. The first-order valence-electron chi connectivity index (χ1n) is 8.37. The Balaban J connectivity index is 1.85. The van der Waals surface area contributed by atoms with E-state index in [1.807, 2.05) is 12.1 Å². The van der Waals surface area contributed by atoms with Gasteiger partial charge in [0.2, 0.25) is 0 Å². The van der Waals surface area contributed by atoms with E-state index in [4.69, 9.17) is 4.98 Å². The van der Waals surface area contributed by atoms with Crippen LogP contribution in [0.2, 0.25) is 0 Å². The molecule has 5 rings (SSSR count). The lowest BCUT2D eigenvalue weighted by Gasteiger charge is -2.31. The number of para-hydroxylation sites is 1. The van der Waals surface area contributed by atoms with Gasteiger partial charge in [-0.05, 0) is 49.1 Å². The number of rotatable bonds is 1. The summed E-state index contributed by atoms with van der Waals surface area (Å²) in [5.74, 6) is 1.03. The average Bonchev–Trinajstić information content (AvgIpc) is 3.11. The zero-order valence-corrected chi connectivity index (χ0v) is 13.8. The second kappa shape index (κ2) is 5.24. The first kappa shape index (κ1) is 14.3. The largest absolute Gasteiger partial charge is 0.325 e. The molecular weight excluding hydrogens is 317 g/mol. The molecule has 0 saturated carbocycles. The van der Waals surface area contributed by atoms with Crippen molar-refractivity contribution < 1.29 is 4.39 Å². The van der Waals surface area contributed by atoms with Crippen LogP contribution in [0.15, 0.2) is 42.7 Å². The minimum Gasteiger partial charge on any atom is -0.325 e. The molecule has 0 bridgehead atoms. The van der Waals surface area contributed by atoms with Crippen LogP contribution >= 0.6 is 0 Å². The number of fused-ring (bicyclic) bond motifs is 4. The molecule has 0 N–H and O–H groups in total. The molecule has 0 atom stereocenters. The molecule has 2 aromatic carbocycles. The van der Waals surface area contributed by atoms with E-state index in [-0.39, 0.29) is 5.82 Å². The van der Waals surface area contributed by atoms with Crippen LogP contribution in [-0.2, 0) is 6.42 Å². The van der Waals surface area contributed by atoms with Crippen LogP contribution in [-0.4, -0.2) is 26.1 Å². The van der Waals surface area contributed by atoms with E-state index in [0.29, 0.717) is 11.3 Å². The number of halogens is 1. The Morgan fingerprint density at radius 1 is 1.16 bits per heavy atom. The van der Waals surface area contributed by atoms with Gasteiger partial charge in [0, 0.05) is 17.6 Å². The van der Waals surface area contributed by atoms with Gasteiger partial charge in [0.1, 0.15) is 18.0 Å². The van der Waals surface area contributed by atoms with E-state index in [9.17, 15) is 4.39 Å². The van der Waals surface area contributed by atoms with Crippen LogP contribution in [0.25, 0.3) is 16.7 Å². The van der Waals surface area contributed by atoms with Crippen molar-refractivity contribution in [3.8, 4) is 0 Å². The molecule has 1 aliphatic rings. The summed E-state index contributed by atoms with van der Waals surface area (Å²) >= 11 is 0. The maximum Gasteiger partial charge on any atom is 0.257 e. The van der Waals surface area contributed by atoms with Gasteiger partial charge in [0.05, 0.1) is 5.52 Å². The van der Waals surface area contributed by atoms with E-state index in [2.05, 4.69) is 33.3 Å². The minimum absolute atomic E-state index is 0.228. The second-order valence-corrected chi connectivity index (χ2v) is 6.44. The van der Waals surface area contributed by atoms with Crippen molar-refractivity contribution in [1.82, 2.24) is 19.6 Å². The fourth-order valence-corrected chi connectivity index (χ4v) is 3.63. The molecule has 0 spiro atoms. The third kappa shape index (κ3) is 2.10. The van der Waals surface area contributed by atoms with Crippen LogP contribution in [0.3, 0.4) is 0 Å². The molecule has 0 saturated heterocycles. The van der Waals surface area contributed by atoms with Crippen molar-refractivity contribution in [2.75, 3.05) is 11.4 Å². The topological polar surface area (TPSA) is 46.3 Å². The van der Waals surface area contributed by atoms with Gasteiger partial charge in [-0.2, -0.15) is 4.98 Å². The summed E-state index contributed by atoms with van der Waals surface area (Å²) in [6.45, 7) is 2.61. The predicted molar refractivity (Wildman–Crippen MR) is 94.8 cm³/mol. The van der Waals surface area contributed by atoms with Crippen molar-refractivity contribution in [3.63, 3.8) is 0 Å². The van der Waals surface area contributed by atoms with Crippen LogP contribution < -0.4 is 4.90 Å². The van der Waals surface area contributed by atoms with Crippen LogP contribution in [0, 0.1) is 12.7 Å². The van der Waals surface area contributed by atoms with Gasteiger partial charge in [0.25, 0.3) is 5.78 Å². The molecule has 4 aromatic rings. The zero-order chi connectivity index (χ0) is 17.0. The Bertz CT molecular complexity index is 1120. The number of hydrogen-bond donors (Lipinski definition) is 0. The molecule has 0 radical (unpaired) electrons. The fourth-order valence-electron chi connectivity index (χ4n) is 3.63. The van der Waals surface area contributed by atoms with Gasteiger partial charge in [-0.25, -0.2) is 4.39 Å². The van der Waals surface area contributed by atoms with E-state index in [1.165, 1.54) is 5.56 Å². The average molecular weight is 333 g/mol. The van der Waals surface area contributed by atoms with Crippen molar-refractivity contribution in [2.45, 2.75) is 19.8 Å². The van der Waals surface area contributed by atoms with Crippen molar-refractivity contribution in [2.24, 2.45) is 0 Å². The highest BCUT2D eigenvalue weighted by atomic mass is 19.1. The van der Waals surface area contributed by atoms with Crippen LogP contribution in [0.1, 0.15) is 17.5 Å². The highest BCUT2D eigenvalue weighted by Crippen LogP contribution is 2.36.